The van der Waals surface area contributed by atoms with E-state index in [4.69, 9.17) is 19.1 Å². The Kier molecular flexibility index (Phi) is 31.0. The molecule has 0 spiro atoms. The van der Waals surface area contributed by atoms with Gasteiger partial charge in [-0.2, -0.15) is 0 Å². The summed E-state index contributed by atoms with van der Waals surface area (Å²) in [5.41, 5.74) is 0. The van der Waals surface area contributed by atoms with Crippen molar-refractivity contribution < 1.29 is 47.8 Å². The third-order valence-corrected chi connectivity index (χ3v) is 7.95. The monoisotopic (exact) mass is 686 g/mol. The van der Waals surface area contributed by atoms with E-state index in [1.54, 1.807) is 0 Å². The smallest absolute Gasteiger partial charge is 0.462 e. The van der Waals surface area contributed by atoms with Gasteiger partial charge in [-0.15, -0.1) is 0 Å². The fourth-order valence-corrected chi connectivity index (χ4v) is 5.07. The molecule has 47 heavy (non-hydrogen) atoms. The van der Waals surface area contributed by atoms with E-state index in [2.05, 4.69) is 60.1 Å². The highest BCUT2D eigenvalue weighted by atomic mass is 31.2. The summed E-state index contributed by atoms with van der Waals surface area (Å²) in [7, 11) is -4.60. The summed E-state index contributed by atoms with van der Waals surface area (Å²) in [5, 5.41) is 18.1. The molecule has 0 aliphatic rings. The Balaban J connectivity index is 4.13. The first-order valence-electron chi connectivity index (χ1n) is 17.6. The van der Waals surface area contributed by atoms with Crippen molar-refractivity contribution in [3.63, 3.8) is 0 Å². The van der Waals surface area contributed by atoms with Crippen LogP contribution in [-0.4, -0.2) is 65.7 Å². The predicted molar refractivity (Wildman–Crippen MR) is 187 cm³/mol. The van der Waals surface area contributed by atoms with Crippen molar-refractivity contribution in [1.29, 1.82) is 0 Å². The Morgan fingerprint density at radius 1 is 0.660 bits per heavy atom. The minimum atomic E-state index is -4.60. The van der Waals surface area contributed by atoms with Crippen LogP contribution in [0.4, 0.5) is 0 Å². The average molecular weight is 687 g/mol. The van der Waals surface area contributed by atoms with Gasteiger partial charge in [0.25, 0.3) is 0 Å². The van der Waals surface area contributed by atoms with Gasteiger partial charge in [0, 0.05) is 12.8 Å². The lowest BCUT2D eigenvalue weighted by atomic mass is 10.1. The largest absolute Gasteiger partial charge is 0.472 e. The number of phosphoric ester groups is 1. The molecule has 0 bridgehead atoms. The van der Waals surface area contributed by atoms with Crippen LogP contribution in [-0.2, 0) is 32.7 Å². The third kappa shape index (κ3) is 32.3. The third-order valence-electron chi connectivity index (χ3n) is 7.00. The van der Waals surface area contributed by atoms with Gasteiger partial charge >= 0.3 is 19.8 Å². The van der Waals surface area contributed by atoms with E-state index in [-0.39, 0.29) is 19.4 Å². The first-order chi connectivity index (χ1) is 22.7. The van der Waals surface area contributed by atoms with E-state index < -0.39 is 51.8 Å². The zero-order chi connectivity index (χ0) is 34.9. The van der Waals surface area contributed by atoms with Crippen LogP contribution in [0, 0.1) is 0 Å². The number of allylic oxidation sites excluding steroid dienone is 8. The van der Waals surface area contributed by atoms with Crippen molar-refractivity contribution in [2.75, 3.05) is 26.4 Å². The van der Waals surface area contributed by atoms with Crippen LogP contribution in [0.3, 0.4) is 0 Å². The van der Waals surface area contributed by atoms with Gasteiger partial charge in [0.05, 0.1) is 19.8 Å². The molecule has 3 unspecified atom stereocenters. The second-order valence-corrected chi connectivity index (χ2v) is 13.0. The molecule has 10 nitrogen and oxygen atoms in total. The number of hydrogen-bond acceptors (Lipinski definition) is 9. The maximum Gasteiger partial charge on any atom is 0.472 e. The molecule has 0 aliphatic carbocycles. The zero-order valence-corrected chi connectivity index (χ0v) is 29.9. The maximum atomic E-state index is 12.4. The molecular weight excluding hydrogens is 623 g/mol. The highest BCUT2D eigenvalue weighted by molar-refractivity contribution is 7.47. The predicted octanol–water partition coefficient (Wildman–Crippen LogP) is 8.21. The highest BCUT2D eigenvalue weighted by Gasteiger charge is 2.27. The van der Waals surface area contributed by atoms with Crippen molar-refractivity contribution in [1.82, 2.24) is 0 Å². The Morgan fingerprint density at radius 3 is 1.77 bits per heavy atom. The standard InChI is InChI=1S/C36H63O10P/c1-3-5-7-8-9-10-11-12-13-14-15-16-17-18-19-20-21-22-23-24-26-28-36(40)46-34(31-43-35(39)27-25-6-4-2)32-45-47(41,42)44-30-33(38)29-37/h5,7,9-10,12-13,15-16,33-34,37-38H,3-4,6,8,11,14,17-32H2,1-2H3,(H,41,42)/b7-5-,10-9-,13-12-,16-15-. The molecule has 0 radical (unpaired) electrons. The molecule has 0 aromatic rings. The van der Waals surface area contributed by atoms with Gasteiger partial charge in [-0.05, 0) is 51.4 Å². The summed E-state index contributed by atoms with van der Waals surface area (Å²) >= 11 is 0. The minimum absolute atomic E-state index is 0.172. The number of ether oxygens (including phenoxy) is 2. The first kappa shape index (κ1) is 44.9. The summed E-state index contributed by atoms with van der Waals surface area (Å²) in [6.07, 6.45) is 31.8. The molecular formula is C36H63O10P. The van der Waals surface area contributed by atoms with Crippen molar-refractivity contribution in [2.24, 2.45) is 0 Å². The van der Waals surface area contributed by atoms with Crippen molar-refractivity contribution in [3.05, 3.63) is 48.6 Å². The SMILES string of the molecule is CC/C=C\C/C=C\C/C=C\C/C=C\CCCCCCCCCCC(=O)OC(COC(=O)CCCCC)COP(=O)(O)OCC(O)CO. The second-order valence-electron chi connectivity index (χ2n) is 11.5. The summed E-state index contributed by atoms with van der Waals surface area (Å²) in [6, 6.07) is 0. The Labute approximate surface area is 283 Å². The minimum Gasteiger partial charge on any atom is -0.462 e. The van der Waals surface area contributed by atoms with Gasteiger partial charge in [0.2, 0.25) is 0 Å². The fourth-order valence-electron chi connectivity index (χ4n) is 4.28. The fraction of sp³-hybridized carbons (Fsp3) is 0.722. The summed E-state index contributed by atoms with van der Waals surface area (Å²) in [4.78, 5) is 34.2. The van der Waals surface area contributed by atoms with Gasteiger partial charge in [-0.25, -0.2) is 4.57 Å². The zero-order valence-electron chi connectivity index (χ0n) is 29.0. The molecule has 0 aromatic heterocycles. The maximum absolute atomic E-state index is 12.4. The van der Waals surface area contributed by atoms with Crippen molar-refractivity contribution in [3.8, 4) is 0 Å². The van der Waals surface area contributed by atoms with E-state index in [0.717, 1.165) is 64.2 Å². The molecule has 0 amide bonds. The van der Waals surface area contributed by atoms with Crippen LogP contribution >= 0.6 is 7.82 Å². The number of rotatable bonds is 32. The van der Waals surface area contributed by atoms with Crippen LogP contribution in [0.25, 0.3) is 0 Å². The lowest BCUT2D eigenvalue weighted by Gasteiger charge is -2.20. The van der Waals surface area contributed by atoms with Crippen molar-refractivity contribution >= 4 is 19.8 Å². The number of aliphatic hydroxyl groups excluding tert-OH is 2. The molecule has 0 fully saturated rings. The highest BCUT2D eigenvalue weighted by Crippen LogP contribution is 2.43. The summed E-state index contributed by atoms with van der Waals surface area (Å²) in [5.74, 6) is -0.968. The number of carbonyl (C=O) groups excluding carboxylic acids is 2. The van der Waals surface area contributed by atoms with Crippen LogP contribution in [0.2, 0.25) is 0 Å². The quantitative estimate of drug-likeness (QED) is 0.0274. The Morgan fingerprint density at radius 2 is 1.17 bits per heavy atom. The first-order valence-corrected chi connectivity index (χ1v) is 19.1. The molecule has 272 valence electrons. The number of carbonyl (C=O) groups is 2. The number of aliphatic hydroxyl groups is 2. The molecule has 0 saturated carbocycles. The topological polar surface area (TPSA) is 149 Å². The van der Waals surface area contributed by atoms with E-state index >= 15 is 0 Å². The van der Waals surface area contributed by atoms with Crippen LogP contribution < -0.4 is 0 Å². The number of phosphoric acid groups is 1. The normalized spacial score (nSPS) is 14.7. The van der Waals surface area contributed by atoms with Crippen LogP contribution in [0.1, 0.15) is 129 Å². The molecule has 3 N–H and O–H groups in total. The molecule has 0 saturated heterocycles. The molecule has 3 atom stereocenters. The average Bonchev–Trinajstić information content (AvgIpc) is 3.05. The van der Waals surface area contributed by atoms with Crippen molar-refractivity contribution in [2.45, 2.75) is 142 Å². The molecule has 0 aromatic carbocycles. The van der Waals surface area contributed by atoms with Gasteiger partial charge < -0.3 is 24.6 Å². The lowest BCUT2D eigenvalue weighted by molar-refractivity contribution is -0.161. The molecule has 0 aliphatic heterocycles. The van der Waals surface area contributed by atoms with Gasteiger partial charge in [-0.1, -0.05) is 114 Å². The van der Waals surface area contributed by atoms with Gasteiger partial charge in [0.15, 0.2) is 6.10 Å². The number of hydrogen-bond donors (Lipinski definition) is 3. The van der Waals surface area contributed by atoms with Crippen LogP contribution in [0.5, 0.6) is 0 Å². The number of esters is 2. The van der Waals surface area contributed by atoms with E-state index in [9.17, 15) is 24.2 Å². The Bertz CT molecular complexity index is 931. The van der Waals surface area contributed by atoms with E-state index in [0.29, 0.717) is 12.8 Å². The summed E-state index contributed by atoms with van der Waals surface area (Å²) in [6.45, 7) is 2.03. The van der Waals surface area contributed by atoms with Crippen LogP contribution in [0.15, 0.2) is 48.6 Å². The van der Waals surface area contributed by atoms with Gasteiger partial charge in [-0.3, -0.25) is 18.6 Å². The molecule has 0 rings (SSSR count). The molecule has 11 heteroatoms. The molecule has 0 heterocycles. The lowest BCUT2D eigenvalue weighted by Crippen LogP contribution is -2.29. The van der Waals surface area contributed by atoms with E-state index in [1.165, 1.54) is 25.7 Å². The summed E-state index contributed by atoms with van der Waals surface area (Å²) < 4.78 is 32.2. The van der Waals surface area contributed by atoms with E-state index in [1.807, 2.05) is 6.92 Å². The second kappa shape index (κ2) is 32.5. The number of unbranched alkanes of at least 4 members (excludes halogenated alkanes) is 10. The Hall–Kier alpha value is -2.07. The van der Waals surface area contributed by atoms with Gasteiger partial charge in [0.1, 0.15) is 12.7 Å².